The zero-order chi connectivity index (χ0) is 9.52. The van der Waals surface area contributed by atoms with Crippen molar-refractivity contribution in [1.29, 1.82) is 0 Å². The average Bonchev–Trinajstić information content (AvgIpc) is 2.81. The first-order valence-corrected chi connectivity index (χ1v) is 10.1. The van der Waals surface area contributed by atoms with Crippen molar-refractivity contribution in [2.24, 2.45) is 0 Å². The van der Waals surface area contributed by atoms with Crippen LogP contribution in [0.15, 0.2) is 0 Å². The topological polar surface area (TPSA) is 0 Å². The van der Waals surface area contributed by atoms with E-state index >= 15 is 0 Å². The van der Waals surface area contributed by atoms with Crippen molar-refractivity contribution in [2.45, 2.75) is 63.9 Å². The third-order valence-electron chi connectivity index (χ3n) is 2.79. The Bertz CT molecular complexity index is 127. The second-order valence-electron chi connectivity index (χ2n) is 4.15. The van der Waals surface area contributed by atoms with Crippen LogP contribution < -0.4 is 0 Å². The molecule has 2 atom stereocenters. The summed E-state index contributed by atoms with van der Waals surface area (Å²) in [5, 5.41) is 0. The molecule has 0 aromatic rings. The highest BCUT2D eigenvalue weighted by Crippen LogP contribution is 2.67. The van der Waals surface area contributed by atoms with Crippen LogP contribution in [0.5, 0.6) is 0 Å². The Morgan fingerprint density at radius 2 is 1.62 bits per heavy atom. The summed E-state index contributed by atoms with van der Waals surface area (Å²) in [7, 11) is 0. The van der Waals surface area contributed by atoms with Gasteiger partial charge in [0.25, 0.3) is 0 Å². The lowest BCUT2D eigenvalue weighted by molar-refractivity contribution is 0.580. The number of unbranched alkanes of at least 4 members (excludes halogenated alkanes) is 6. The zero-order valence-electron chi connectivity index (χ0n) is 8.77. The maximum Gasteiger partial charge on any atom is -0.00721 e. The molecule has 0 spiro atoms. The number of halogens is 1. The van der Waals surface area contributed by atoms with Gasteiger partial charge >= 0.3 is 0 Å². The maximum atomic E-state index is 2.66. The molecule has 0 aromatic heterocycles. The number of rotatable bonds is 8. The highest BCUT2D eigenvalue weighted by molar-refractivity contribution is 14.2. The van der Waals surface area contributed by atoms with E-state index in [0.717, 1.165) is 0 Å². The standard InChI is InChI=1S/C11H22IP/c1-2-3-4-5-6-7-8-9-11-10-13(11)12/h11H,2-10H2,1H3. The maximum absolute atomic E-state index is 2.66. The van der Waals surface area contributed by atoms with Gasteiger partial charge in [-0.05, 0) is 23.8 Å². The van der Waals surface area contributed by atoms with Crippen LogP contribution in [0.2, 0.25) is 0 Å². The molecule has 2 unspecified atom stereocenters. The van der Waals surface area contributed by atoms with Gasteiger partial charge in [-0.25, -0.2) is 0 Å². The van der Waals surface area contributed by atoms with E-state index in [2.05, 4.69) is 29.0 Å². The molecule has 1 saturated heterocycles. The van der Waals surface area contributed by atoms with Crippen molar-refractivity contribution >= 4 is 27.6 Å². The summed E-state index contributed by atoms with van der Waals surface area (Å²) in [6.45, 7) is 2.29. The molecule has 2 heteroatoms. The summed E-state index contributed by atoms with van der Waals surface area (Å²) in [6.07, 6.45) is 13.4. The van der Waals surface area contributed by atoms with Gasteiger partial charge in [0.2, 0.25) is 0 Å². The van der Waals surface area contributed by atoms with Crippen LogP contribution >= 0.6 is 27.6 Å². The van der Waals surface area contributed by atoms with Gasteiger partial charge in [-0.1, -0.05) is 73.9 Å². The lowest BCUT2D eigenvalue weighted by Crippen LogP contribution is -1.84. The van der Waals surface area contributed by atoms with Crippen molar-refractivity contribution in [1.82, 2.24) is 0 Å². The molecule has 0 bridgehead atoms. The molecule has 0 aliphatic carbocycles. The highest BCUT2D eigenvalue weighted by Gasteiger charge is 2.32. The predicted octanol–water partition coefficient (Wildman–Crippen LogP) is 5.34. The minimum absolute atomic E-state index is 0.506. The van der Waals surface area contributed by atoms with E-state index in [-0.39, 0.29) is 0 Å². The quantitative estimate of drug-likeness (QED) is 0.322. The molecule has 1 fully saturated rings. The zero-order valence-corrected chi connectivity index (χ0v) is 11.8. The monoisotopic (exact) mass is 312 g/mol. The second-order valence-corrected chi connectivity index (χ2v) is 9.76. The smallest absolute Gasteiger partial charge is 0.00721 e. The Labute approximate surface area is 97.5 Å². The molecule has 1 rings (SSSR count). The molecule has 0 radical (unpaired) electrons. The molecular formula is C11H22IP. The largest absolute Gasteiger partial charge is 0.0654 e. The third kappa shape index (κ3) is 6.28. The molecule has 1 aliphatic heterocycles. The first-order valence-electron chi connectivity index (χ1n) is 5.77. The van der Waals surface area contributed by atoms with Crippen molar-refractivity contribution < 1.29 is 0 Å². The minimum Gasteiger partial charge on any atom is -0.0654 e. The van der Waals surface area contributed by atoms with Crippen LogP contribution in [0.4, 0.5) is 0 Å². The lowest BCUT2D eigenvalue weighted by atomic mass is 10.1. The van der Waals surface area contributed by atoms with E-state index in [1.807, 2.05) is 0 Å². The molecule has 78 valence electrons. The molecule has 0 nitrogen and oxygen atoms in total. The van der Waals surface area contributed by atoms with Crippen molar-refractivity contribution in [3.8, 4) is 0 Å². The van der Waals surface area contributed by atoms with E-state index < -0.39 is 0 Å². The molecular weight excluding hydrogens is 290 g/mol. The summed E-state index contributed by atoms with van der Waals surface area (Å²) < 4.78 is 0. The Balaban J connectivity index is 1.69. The normalized spacial score (nSPS) is 26.3. The molecule has 0 N–H and O–H groups in total. The van der Waals surface area contributed by atoms with Gasteiger partial charge in [-0.2, -0.15) is 0 Å². The highest BCUT2D eigenvalue weighted by atomic mass is 127. The fraction of sp³-hybridized carbons (Fsp3) is 1.00. The summed E-state index contributed by atoms with van der Waals surface area (Å²) in [5.74, 6) is 0. The van der Waals surface area contributed by atoms with E-state index in [9.17, 15) is 0 Å². The molecule has 0 amide bonds. The van der Waals surface area contributed by atoms with Crippen LogP contribution in [0.25, 0.3) is 0 Å². The van der Waals surface area contributed by atoms with Gasteiger partial charge in [0.1, 0.15) is 0 Å². The van der Waals surface area contributed by atoms with Gasteiger partial charge in [-0.15, -0.1) is 0 Å². The number of hydrogen-bond acceptors (Lipinski definition) is 0. The minimum atomic E-state index is 0.506. The van der Waals surface area contributed by atoms with Gasteiger partial charge in [0.15, 0.2) is 0 Å². The first kappa shape index (κ1) is 12.2. The average molecular weight is 312 g/mol. The van der Waals surface area contributed by atoms with E-state index in [0.29, 0.717) is 5.56 Å². The molecule has 0 saturated carbocycles. The van der Waals surface area contributed by atoms with Crippen LogP contribution in [0.3, 0.4) is 0 Å². The van der Waals surface area contributed by atoms with Crippen molar-refractivity contribution in [3.63, 3.8) is 0 Å². The third-order valence-corrected chi connectivity index (χ3v) is 7.89. The summed E-state index contributed by atoms with van der Waals surface area (Å²) >= 11 is 2.66. The SMILES string of the molecule is CCCCCCCCCC1CP1I. The van der Waals surface area contributed by atoms with Gasteiger partial charge in [0, 0.05) is 0 Å². The summed E-state index contributed by atoms with van der Waals surface area (Å²) in [6, 6.07) is 0. The van der Waals surface area contributed by atoms with Crippen LogP contribution in [-0.4, -0.2) is 11.8 Å². The molecule has 13 heavy (non-hydrogen) atoms. The summed E-state index contributed by atoms with van der Waals surface area (Å²) in [5.41, 5.74) is 1.68. The van der Waals surface area contributed by atoms with Crippen LogP contribution in [-0.2, 0) is 0 Å². The van der Waals surface area contributed by atoms with Gasteiger partial charge < -0.3 is 0 Å². The Morgan fingerprint density at radius 3 is 2.15 bits per heavy atom. The Morgan fingerprint density at radius 1 is 1.08 bits per heavy atom. The predicted molar refractivity (Wildman–Crippen MR) is 72.2 cm³/mol. The van der Waals surface area contributed by atoms with Crippen LogP contribution in [0, 0.1) is 0 Å². The first-order chi connectivity index (χ1) is 6.34. The van der Waals surface area contributed by atoms with E-state index in [1.54, 1.807) is 12.6 Å². The Kier molecular flexibility index (Phi) is 7.01. The van der Waals surface area contributed by atoms with Crippen LogP contribution in [0.1, 0.15) is 58.3 Å². The fourth-order valence-corrected chi connectivity index (χ4v) is 6.12. The fourth-order valence-electron chi connectivity index (χ4n) is 1.72. The lowest BCUT2D eigenvalue weighted by Gasteiger charge is -1.99. The Hall–Kier alpha value is 1.16. The molecule has 0 aromatic carbocycles. The van der Waals surface area contributed by atoms with Crippen molar-refractivity contribution in [3.05, 3.63) is 0 Å². The van der Waals surface area contributed by atoms with Crippen molar-refractivity contribution in [2.75, 3.05) is 6.16 Å². The number of hydrogen-bond donors (Lipinski definition) is 0. The molecule has 1 aliphatic rings. The second kappa shape index (κ2) is 7.45. The summed E-state index contributed by atoms with van der Waals surface area (Å²) in [4.78, 5) is 0. The van der Waals surface area contributed by atoms with Gasteiger partial charge in [-0.3, -0.25) is 0 Å². The van der Waals surface area contributed by atoms with E-state index in [4.69, 9.17) is 0 Å². The van der Waals surface area contributed by atoms with Gasteiger partial charge in [0.05, 0.1) is 0 Å². The molecule has 1 heterocycles. The van der Waals surface area contributed by atoms with E-state index in [1.165, 1.54) is 50.6 Å².